The van der Waals surface area contributed by atoms with Crippen LogP contribution in [0.3, 0.4) is 0 Å². The van der Waals surface area contributed by atoms with Crippen LogP contribution in [0.15, 0.2) is 12.4 Å². The Morgan fingerprint density at radius 1 is 1.38 bits per heavy atom. The van der Waals surface area contributed by atoms with E-state index in [2.05, 4.69) is 29.5 Å². The summed E-state index contributed by atoms with van der Waals surface area (Å²) in [5.74, 6) is -0.273. The van der Waals surface area contributed by atoms with Crippen LogP contribution in [-0.2, 0) is 13.1 Å². The van der Waals surface area contributed by atoms with Crippen molar-refractivity contribution in [3.8, 4) is 0 Å². The zero-order valence-electron chi connectivity index (χ0n) is 13.1. The number of nitrogens with zero attached hydrogens (tertiary/aromatic N) is 7. The molecule has 0 fully saturated rings. The Morgan fingerprint density at radius 3 is 2.88 bits per heavy atom. The van der Waals surface area contributed by atoms with Gasteiger partial charge in [-0.2, -0.15) is 13.8 Å². The maximum Gasteiger partial charge on any atom is 0.273 e. The third kappa shape index (κ3) is 3.60. The normalized spacial score (nSPS) is 11.0. The predicted octanol–water partition coefficient (Wildman–Crippen LogP) is 1.07. The van der Waals surface area contributed by atoms with Gasteiger partial charge in [-0.05, 0) is 13.8 Å². The minimum atomic E-state index is -0.273. The van der Waals surface area contributed by atoms with E-state index in [1.807, 2.05) is 6.92 Å². The highest BCUT2D eigenvalue weighted by Crippen LogP contribution is 2.10. The molecule has 3 heterocycles. The lowest BCUT2D eigenvalue weighted by Gasteiger charge is -2.05. The molecular formula is C13H15ClN8OS. The lowest BCUT2D eigenvalue weighted by atomic mass is 10.3. The van der Waals surface area contributed by atoms with E-state index < -0.39 is 0 Å². The average Bonchev–Trinajstić information content (AvgIpc) is 3.23. The number of hydrogen-bond donors (Lipinski definition) is 1. The Morgan fingerprint density at radius 2 is 2.21 bits per heavy atom. The highest BCUT2D eigenvalue weighted by molar-refractivity contribution is 6.99. The minimum absolute atomic E-state index is 0.273. The maximum atomic E-state index is 12.2. The van der Waals surface area contributed by atoms with Gasteiger partial charge in [0.2, 0.25) is 0 Å². The number of nitrogens with one attached hydrogen (secondary N) is 1. The number of carbonyl (C=O) groups excluding carboxylic acids is 1. The number of rotatable bonds is 6. The second-order valence-electron chi connectivity index (χ2n) is 5.15. The molecule has 0 atom stereocenters. The summed E-state index contributed by atoms with van der Waals surface area (Å²) in [5, 5.41) is 15.4. The van der Waals surface area contributed by atoms with Crippen molar-refractivity contribution in [2.75, 3.05) is 6.54 Å². The fourth-order valence-corrected chi connectivity index (χ4v) is 2.80. The zero-order chi connectivity index (χ0) is 17.1. The number of carbonyl (C=O) groups is 1. The quantitative estimate of drug-likeness (QED) is 0.700. The summed E-state index contributed by atoms with van der Waals surface area (Å²) in [6.07, 6.45) is 3.24. The number of aryl methyl sites for hydroxylation is 1. The van der Waals surface area contributed by atoms with Gasteiger partial charge in [-0.15, -0.1) is 5.10 Å². The van der Waals surface area contributed by atoms with Crippen LogP contribution in [0.5, 0.6) is 0 Å². The molecule has 0 unspecified atom stereocenters. The van der Waals surface area contributed by atoms with Crippen LogP contribution in [-0.4, -0.2) is 46.0 Å². The molecule has 0 aromatic carbocycles. The lowest BCUT2D eigenvalue weighted by Crippen LogP contribution is -2.28. The molecule has 0 saturated carbocycles. The highest BCUT2D eigenvalue weighted by atomic mass is 35.5. The van der Waals surface area contributed by atoms with E-state index in [1.54, 1.807) is 28.7 Å². The summed E-state index contributed by atoms with van der Waals surface area (Å²) in [6.45, 7) is 5.07. The van der Waals surface area contributed by atoms with Gasteiger partial charge in [0.1, 0.15) is 0 Å². The molecule has 24 heavy (non-hydrogen) atoms. The van der Waals surface area contributed by atoms with E-state index in [-0.39, 0.29) is 5.91 Å². The van der Waals surface area contributed by atoms with Crippen LogP contribution in [0.25, 0.3) is 0 Å². The smallest absolute Gasteiger partial charge is 0.273 e. The molecule has 0 aliphatic rings. The van der Waals surface area contributed by atoms with Crippen molar-refractivity contribution in [1.29, 1.82) is 0 Å². The van der Waals surface area contributed by atoms with Gasteiger partial charge in [-0.25, -0.2) is 4.68 Å². The van der Waals surface area contributed by atoms with Gasteiger partial charge in [-0.3, -0.25) is 9.48 Å². The number of amides is 1. The van der Waals surface area contributed by atoms with Crippen molar-refractivity contribution in [3.63, 3.8) is 0 Å². The van der Waals surface area contributed by atoms with Crippen molar-refractivity contribution in [3.05, 3.63) is 40.2 Å². The summed E-state index contributed by atoms with van der Waals surface area (Å²) >= 11 is 6.95. The molecule has 0 saturated heterocycles. The van der Waals surface area contributed by atoms with E-state index >= 15 is 0 Å². The van der Waals surface area contributed by atoms with Gasteiger partial charge in [0.25, 0.3) is 5.91 Å². The predicted molar refractivity (Wildman–Crippen MR) is 88.1 cm³/mol. The topological polar surface area (TPSA) is 103 Å². The monoisotopic (exact) mass is 366 g/mol. The largest absolute Gasteiger partial charge is 0.349 e. The molecule has 0 spiro atoms. The number of halogens is 1. The standard InChI is InChI=1S/C13H15ClN8OS/c1-8-11(19-24-18-8)7-22-9(2)12(17-20-22)13(23)15-3-4-21-6-10(14)5-16-21/h5-6H,3-4,7H2,1-2H3,(H,15,23). The number of hydrogen-bond acceptors (Lipinski definition) is 7. The first-order valence-corrected chi connectivity index (χ1v) is 8.29. The third-order valence-electron chi connectivity index (χ3n) is 3.47. The van der Waals surface area contributed by atoms with Crippen LogP contribution in [0, 0.1) is 13.8 Å². The van der Waals surface area contributed by atoms with Crippen LogP contribution in [0.1, 0.15) is 27.6 Å². The summed E-state index contributed by atoms with van der Waals surface area (Å²) in [5.41, 5.74) is 2.67. The van der Waals surface area contributed by atoms with E-state index in [0.717, 1.165) is 23.1 Å². The second kappa shape index (κ2) is 7.05. The van der Waals surface area contributed by atoms with E-state index in [4.69, 9.17) is 11.6 Å². The average molecular weight is 367 g/mol. The van der Waals surface area contributed by atoms with Crippen molar-refractivity contribution < 1.29 is 4.79 Å². The number of aromatic nitrogens is 7. The molecule has 1 amide bonds. The second-order valence-corrected chi connectivity index (χ2v) is 6.12. The summed E-state index contributed by atoms with van der Waals surface area (Å²) in [6, 6.07) is 0. The van der Waals surface area contributed by atoms with Crippen LogP contribution in [0.2, 0.25) is 5.02 Å². The first kappa shape index (κ1) is 16.5. The van der Waals surface area contributed by atoms with E-state index in [9.17, 15) is 4.79 Å². The van der Waals surface area contributed by atoms with Crippen molar-refractivity contribution in [2.24, 2.45) is 0 Å². The highest BCUT2D eigenvalue weighted by Gasteiger charge is 2.17. The molecule has 3 rings (SSSR count). The summed E-state index contributed by atoms with van der Waals surface area (Å²) < 4.78 is 11.6. The molecule has 0 bridgehead atoms. The Balaban J connectivity index is 1.60. The van der Waals surface area contributed by atoms with Crippen molar-refractivity contribution in [1.82, 2.24) is 38.8 Å². The van der Waals surface area contributed by atoms with Crippen LogP contribution < -0.4 is 5.32 Å². The fourth-order valence-electron chi connectivity index (χ4n) is 2.08. The molecule has 0 radical (unpaired) electrons. The molecular weight excluding hydrogens is 352 g/mol. The first-order valence-electron chi connectivity index (χ1n) is 7.19. The zero-order valence-corrected chi connectivity index (χ0v) is 14.7. The van der Waals surface area contributed by atoms with E-state index in [0.29, 0.717) is 36.0 Å². The first-order chi connectivity index (χ1) is 11.5. The summed E-state index contributed by atoms with van der Waals surface area (Å²) in [7, 11) is 0. The van der Waals surface area contributed by atoms with Crippen LogP contribution in [0.4, 0.5) is 0 Å². The Hall–Kier alpha value is -2.33. The lowest BCUT2D eigenvalue weighted by molar-refractivity contribution is 0.0946. The molecule has 0 aliphatic heterocycles. The molecule has 126 valence electrons. The summed E-state index contributed by atoms with van der Waals surface area (Å²) in [4.78, 5) is 12.2. The molecule has 3 aromatic rings. The molecule has 11 heteroatoms. The Kier molecular flexibility index (Phi) is 4.86. The van der Waals surface area contributed by atoms with Crippen LogP contribution >= 0.6 is 23.3 Å². The van der Waals surface area contributed by atoms with Gasteiger partial charge < -0.3 is 5.32 Å². The van der Waals surface area contributed by atoms with Gasteiger partial charge in [0, 0.05) is 12.7 Å². The van der Waals surface area contributed by atoms with Gasteiger partial charge in [0.05, 0.1) is 53.1 Å². The Labute approximate surface area is 147 Å². The van der Waals surface area contributed by atoms with Crippen molar-refractivity contribution >= 4 is 29.2 Å². The van der Waals surface area contributed by atoms with Gasteiger partial charge in [0.15, 0.2) is 5.69 Å². The van der Waals surface area contributed by atoms with Gasteiger partial charge in [-0.1, -0.05) is 16.8 Å². The van der Waals surface area contributed by atoms with E-state index in [1.165, 1.54) is 0 Å². The maximum absolute atomic E-state index is 12.2. The molecule has 1 N–H and O–H groups in total. The fraction of sp³-hybridized carbons (Fsp3) is 0.385. The SMILES string of the molecule is Cc1nsnc1Cn1nnc(C(=O)NCCn2cc(Cl)cn2)c1C. The van der Waals surface area contributed by atoms with Crippen molar-refractivity contribution in [2.45, 2.75) is 26.9 Å². The minimum Gasteiger partial charge on any atom is -0.349 e. The van der Waals surface area contributed by atoms with Gasteiger partial charge >= 0.3 is 0 Å². The molecule has 0 aliphatic carbocycles. The molecule has 9 nitrogen and oxygen atoms in total. The third-order valence-corrected chi connectivity index (χ3v) is 4.32. The Bertz CT molecular complexity index is 854. The molecule has 3 aromatic heterocycles.